The second-order valence-electron chi connectivity index (χ2n) is 6.42. The number of benzene rings is 1. The fraction of sp³-hybridized carbons (Fsp3) is 0.533. The molecule has 0 bridgehead atoms. The van der Waals surface area contributed by atoms with E-state index in [1.807, 2.05) is 6.92 Å². The highest BCUT2D eigenvalue weighted by Crippen LogP contribution is 2.30. The molecule has 0 radical (unpaired) electrons. The van der Waals surface area contributed by atoms with Crippen LogP contribution in [0.1, 0.15) is 27.7 Å². The zero-order valence-corrected chi connectivity index (χ0v) is 12.7. The number of amides is 1. The second kappa shape index (κ2) is 5.52. The van der Waals surface area contributed by atoms with Crippen LogP contribution in [-0.4, -0.2) is 30.4 Å². The first-order chi connectivity index (χ1) is 9.67. The number of halogens is 1. The van der Waals surface area contributed by atoms with E-state index in [1.165, 1.54) is 18.2 Å². The molecule has 1 saturated heterocycles. The number of anilines is 1. The molecule has 2 N–H and O–H groups in total. The molecular formula is C15H21FN2O3. The zero-order valence-electron chi connectivity index (χ0n) is 12.7. The van der Waals surface area contributed by atoms with Gasteiger partial charge >= 0.3 is 6.09 Å². The van der Waals surface area contributed by atoms with Gasteiger partial charge in [0.15, 0.2) is 0 Å². The highest BCUT2D eigenvalue weighted by molar-refractivity contribution is 5.87. The normalized spacial score (nSPS) is 16.8. The second-order valence-corrected chi connectivity index (χ2v) is 6.42. The van der Waals surface area contributed by atoms with Gasteiger partial charge in [-0.25, -0.2) is 9.18 Å². The molecular weight excluding hydrogens is 275 g/mol. The third kappa shape index (κ3) is 4.32. The first-order valence-electron chi connectivity index (χ1n) is 6.86. The standard InChI is InChI=1S/C15H21FN2O3/c1-14(2,3)21-13(19)18-11-6-5-10(16)7-12(11)20-15(4)8-17-9-15/h5-7,17H,8-9H2,1-4H3,(H,18,19). The Hall–Kier alpha value is -1.82. The molecule has 1 aliphatic rings. The van der Waals surface area contributed by atoms with E-state index < -0.39 is 23.1 Å². The largest absolute Gasteiger partial charge is 0.483 e. The van der Waals surface area contributed by atoms with Gasteiger partial charge in [0.2, 0.25) is 0 Å². The molecule has 2 rings (SSSR count). The van der Waals surface area contributed by atoms with Crippen molar-refractivity contribution in [2.24, 2.45) is 0 Å². The van der Waals surface area contributed by atoms with Crippen LogP contribution in [0.4, 0.5) is 14.9 Å². The maximum Gasteiger partial charge on any atom is 0.412 e. The van der Waals surface area contributed by atoms with E-state index in [0.717, 1.165) is 0 Å². The summed E-state index contributed by atoms with van der Waals surface area (Å²) in [5, 5.41) is 5.69. The highest BCUT2D eigenvalue weighted by atomic mass is 19.1. The Kier molecular flexibility index (Phi) is 4.09. The molecule has 1 aromatic rings. The lowest BCUT2D eigenvalue weighted by Crippen LogP contribution is -2.61. The molecule has 0 spiro atoms. The van der Waals surface area contributed by atoms with Gasteiger partial charge in [0.05, 0.1) is 5.69 Å². The van der Waals surface area contributed by atoms with Crippen molar-refractivity contribution >= 4 is 11.8 Å². The number of rotatable bonds is 3. The van der Waals surface area contributed by atoms with Crippen molar-refractivity contribution in [2.75, 3.05) is 18.4 Å². The molecule has 6 heteroatoms. The van der Waals surface area contributed by atoms with E-state index in [1.54, 1.807) is 20.8 Å². The summed E-state index contributed by atoms with van der Waals surface area (Å²) >= 11 is 0. The molecule has 0 atom stereocenters. The summed E-state index contributed by atoms with van der Waals surface area (Å²) in [6, 6.07) is 3.99. The van der Waals surface area contributed by atoms with Crippen LogP contribution in [0, 0.1) is 5.82 Å². The van der Waals surface area contributed by atoms with Crippen molar-refractivity contribution in [1.82, 2.24) is 5.32 Å². The number of hydrogen-bond acceptors (Lipinski definition) is 4. The topological polar surface area (TPSA) is 59.6 Å². The van der Waals surface area contributed by atoms with Crippen molar-refractivity contribution < 1.29 is 18.7 Å². The highest BCUT2D eigenvalue weighted by Gasteiger charge is 2.34. The van der Waals surface area contributed by atoms with E-state index in [4.69, 9.17) is 9.47 Å². The van der Waals surface area contributed by atoms with Crippen LogP contribution in [0.25, 0.3) is 0 Å². The molecule has 116 valence electrons. The molecule has 0 unspecified atom stereocenters. The van der Waals surface area contributed by atoms with Crippen LogP contribution < -0.4 is 15.4 Å². The number of ether oxygens (including phenoxy) is 2. The van der Waals surface area contributed by atoms with Crippen LogP contribution in [0.5, 0.6) is 5.75 Å². The van der Waals surface area contributed by atoms with Crippen LogP contribution in [0.3, 0.4) is 0 Å². The average Bonchev–Trinajstić information content (AvgIpc) is 2.28. The maximum absolute atomic E-state index is 13.4. The number of carbonyl (C=O) groups is 1. The summed E-state index contributed by atoms with van der Waals surface area (Å²) in [6.45, 7) is 8.59. The summed E-state index contributed by atoms with van der Waals surface area (Å²) in [6.07, 6.45) is -0.601. The Morgan fingerprint density at radius 1 is 1.38 bits per heavy atom. The van der Waals surface area contributed by atoms with Crippen molar-refractivity contribution in [3.05, 3.63) is 24.0 Å². The van der Waals surface area contributed by atoms with E-state index in [-0.39, 0.29) is 0 Å². The molecule has 1 fully saturated rings. The van der Waals surface area contributed by atoms with Gasteiger partial charge in [-0.15, -0.1) is 0 Å². The molecule has 1 amide bonds. The quantitative estimate of drug-likeness (QED) is 0.900. The SMILES string of the molecule is CC(C)(C)OC(=O)Nc1ccc(F)cc1OC1(C)CNC1. The van der Waals surface area contributed by atoms with Gasteiger partial charge in [0.1, 0.15) is 22.8 Å². The first-order valence-corrected chi connectivity index (χ1v) is 6.86. The van der Waals surface area contributed by atoms with Crippen molar-refractivity contribution in [3.8, 4) is 5.75 Å². The average molecular weight is 296 g/mol. The molecule has 5 nitrogen and oxygen atoms in total. The Morgan fingerprint density at radius 2 is 2.05 bits per heavy atom. The van der Waals surface area contributed by atoms with E-state index in [2.05, 4.69) is 10.6 Å². The van der Waals surface area contributed by atoms with Gasteiger partial charge in [0.25, 0.3) is 0 Å². The molecule has 0 aliphatic carbocycles. The predicted molar refractivity (Wildman–Crippen MR) is 78.2 cm³/mol. The molecule has 1 aliphatic heterocycles. The third-order valence-electron chi connectivity index (χ3n) is 2.93. The maximum atomic E-state index is 13.4. The minimum Gasteiger partial charge on any atom is -0.483 e. The smallest absolute Gasteiger partial charge is 0.412 e. The van der Waals surface area contributed by atoms with E-state index in [0.29, 0.717) is 24.5 Å². The summed E-state index contributed by atoms with van der Waals surface area (Å²) < 4.78 is 24.4. The van der Waals surface area contributed by atoms with Crippen LogP contribution in [0.2, 0.25) is 0 Å². The minimum atomic E-state index is -0.602. The lowest BCUT2D eigenvalue weighted by atomic mass is 10.00. The van der Waals surface area contributed by atoms with Crippen molar-refractivity contribution in [3.63, 3.8) is 0 Å². The van der Waals surface area contributed by atoms with Gasteiger partial charge in [-0.3, -0.25) is 5.32 Å². The van der Waals surface area contributed by atoms with Crippen LogP contribution in [0.15, 0.2) is 18.2 Å². The van der Waals surface area contributed by atoms with E-state index >= 15 is 0 Å². The Morgan fingerprint density at radius 3 is 2.57 bits per heavy atom. The molecule has 0 aromatic heterocycles. The van der Waals surface area contributed by atoms with E-state index in [9.17, 15) is 9.18 Å². The van der Waals surface area contributed by atoms with Gasteiger partial charge in [0, 0.05) is 19.2 Å². The fourth-order valence-corrected chi connectivity index (χ4v) is 1.91. The Labute approximate surface area is 123 Å². The van der Waals surface area contributed by atoms with Crippen LogP contribution >= 0.6 is 0 Å². The van der Waals surface area contributed by atoms with Gasteiger partial charge in [-0.2, -0.15) is 0 Å². The minimum absolute atomic E-state index is 0.296. The number of nitrogens with one attached hydrogen (secondary N) is 2. The molecule has 1 heterocycles. The van der Waals surface area contributed by atoms with Gasteiger partial charge < -0.3 is 14.8 Å². The van der Waals surface area contributed by atoms with Crippen molar-refractivity contribution in [2.45, 2.75) is 38.9 Å². The van der Waals surface area contributed by atoms with Gasteiger partial charge in [-0.05, 0) is 39.8 Å². The summed E-state index contributed by atoms with van der Waals surface area (Å²) in [7, 11) is 0. The third-order valence-corrected chi connectivity index (χ3v) is 2.93. The Bertz CT molecular complexity index is 536. The fourth-order valence-electron chi connectivity index (χ4n) is 1.91. The zero-order chi connectivity index (χ0) is 15.7. The number of carbonyl (C=O) groups excluding carboxylic acids is 1. The van der Waals surface area contributed by atoms with Gasteiger partial charge in [-0.1, -0.05) is 0 Å². The molecule has 21 heavy (non-hydrogen) atoms. The summed E-state index contributed by atoms with van der Waals surface area (Å²) in [4.78, 5) is 11.8. The number of hydrogen-bond donors (Lipinski definition) is 2. The lowest BCUT2D eigenvalue weighted by Gasteiger charge is -2.39. The summed E-state index contributed by atoms with van der Waals surface area (Å²) in [5.74, 6) is -0.125. The predicted octanol–water partition coefficient (Wildman–Crippen LogP) is 2.91. The lowest BCUT2D eigenvalue weighted by molar-refractivity contribution is 0.0349. The molecule has 1 aromatic carbocycles. The first kappa shape index (κ1) is 15.6. The monoisotopic (exact) mass is 296 g/mol. The molecule has 0 saturated carbocycles. The summed E-state index contributed by atoms with van der Waals surface area (Å²) in [5.41, 5.74) is -0.605. The van der Waals surface area contributed by atoms with Crippen LogP contribution in [-0.2, 0) is 4.74 Å². The van der Waals surface area contributed by atoms with Crippen molar-refractivity contribution in [1.29, 1.82) is 0 Å². The Balaban J connectivity index is 2.13.